The van der Waals surface area contributed by atoms with Crippen molar-refractivity contribution in [1.29, 1.82) is 0 Å². The Kier molecular flexibility index (Phi) is 6.89. The summed E-state index contributed by atoms with van der Waals surface area (Å²) in [5, 5.41) is 2.78. The van der Waals surface area contributed by atoms with Crippen LogP contribution < -0.4 is 20.5 Å². The van der Waals surface area contributed by atoms with Crippen LogP contribution in [-0.2, 0) is 4.79 Å². The topological polar surface area (TPSA) is 73.6 Å². The summed E-state index contributed by atoms with van der Waals surface area (Å²) in [6, 6.07) is 5.87. The maximum atomic E-state index is 12.2. The number of nitrogens with two attached hydrogens (primary N) is 1. The summed E-state index contributed by atoms with van der Waals surface area (Å²) in [6.07, 6.45) is -4.45. The van der Waals surface area contributed by atoms with Crippen LogP contribution in [-0.4, -0.2) is 37.4 Å². The monoisotopic (exact) mass is 348 g/mol. The van der Waals surface area contributed by atoms with Gasteiger partial charge in [0.1, 0.15) is 0 Å². The lowest BCUT2D eigenvalue weighted by Crippen LogP contribution is -2.56. The second kappa shape index (κ2) is 8.23. The molecule has 1 rings (SSSR count). The molecule has 0 radical (unpaired) electrons. The summed E-state index contributed by atoms with van der Waals surface area (Å²) in [5.74, 6) is -0.319. The van der Waals surface area contributed by atoms with Crippen molar-refractivity contribution in [1.82, 2.24) is 5.32 Å². The van der Waals surface area contributed by atoms with Crippen LogP contribution in [0.1, 0.15) is 20.8 Å². The van der Waals surface area contributed by atoms with E-state index in [1.807, 2.05) is 20.8 Å². The van der Waals surface area contributed by atoms with Crippen molar-refractivity contribution in [3.05, 3.63) is 24.3 Å². The number of nitrogens with one attached hydrogen (secondary N) is 1. The number of ether oxygens (including phenoxy) is 2. The first kappa shape index (κ1) is 20.1. The van der Waals surface area contributed by atoms with Crippen LogP contribution in [0.5, 0.6) is 11.5 Å². The van der Waals surface area contributed by atoms with Gasteiger partial charge in [-0.05, 0) is 25.0 Å². The molecular weight excluding hydrogens is 325 g/mol. The Morgan fingerprint density at radius 1 is 1.21 bits per heavy atom. The fourth-order valence-corrected chi connectivity index (χ4v) is 1.78. The Hall–Kier alpha value is -1.96. The lowest BCUT2D eigenvalue weighted by atomic mass is 9.88. The number of amides is 1. The number of halogens is 3. The average Bonchev–Trinajstić information content (AvgIpc) is 2.50. The molecule has 1 aromatic rings. The van der Waals surface area contributed by atoms with Gasteiger partial charge >= 0.3 is 6.18 Å². The van der Waals surface area contributed by atoms with Gasteiger partial charge in [-0.1, -0.05) is 26.0 Å². The number of hydrogen-bond acceptors (Lipinski definition) is 4. The van der Waals surface area contributed by atoms with E-state index in [4.69, 9.17) is 15.2 Å². The predicted octanol–water partition coefficient (Wildman–Crippen LogP) is 2.50. The maximum Gasteiger partial charge on any atom is 0.422 e. The number of hydrogen-bond donors (Lipinski definition) is 2. The summed E-state index contributed by atoms with van der Waals surface area (Å²) in [6.45, 7) is 4.13. The number of carbonyl (C=O) groups excluding carboxylic acids is 1. The third-order valence-corrected chi connectivity index (χ3v) is 3.72. The van der Waals surface area contributed by atoms with Gasteiger partial charge in [-0.15, -0.1) is 0 Å². The standard InChI is InChI=1S/C16H23F3N2O3/c1-11(2)15(3,9-20)21-14(22)8-23-12-6-4-5-7-13(12)24-10-16(17,18)19/h4-7,11H,8-10,20H2,1-3H3,(H,21,22). The Bertz CT molecular complexity index is 550. The molecule has 3 N–H and O–H groups in total. The Morgan fingerprint density at radius 3 is 2.21 bits per heavy atom. The second-order valence-electron chi connectivity index (χ2n) is 5.96. The van der Waals surface area contributed by atoms with Crippen LogP contribution in [0.3, 0.4) is 0 Å². The van der Waals surface area contributed by atoms with Crippen LogP contribution in [0.2, 0.25) is 0 Å². The molecule has 0 heterocycles. The molecule has 8 heteroatoms. The van der Waals surface area contributed by atoms with E-state index in [1.54, 1.807) is 6.07 Å². The molecule has 0 saturated carbocycles. The van der Waals surface area contributed by atoms with Gasteiger partial charge in [0.15, 0.2) is 24.7 Å². The molecule has 0 aliphatic heterocycles. The highest BCUT2D eigenvalue weighted by Gasteiger charge is 2.30. The third kappa shape index (κ3) is 6.27. The Labute approximate surface area is 139 Å². The smallest absolute Gasteiger partial charge is 0.422 e. The molecule has 0 aromatic heterocycles. The van der Waals surface area contributed by atoms with Crippen LogP contribution in [0.25, 0.3) is 0 Å². The van der Waals surface area contributed by atoms with E-state index in [-0.39, 0.29) is 30.6 Å². The van der Waals surface area contributed by atoms with Crippen molar-refractivity contribution in [3.8, 4) is 11.5 Å². The summed E-state index contributed by atoms with van der Waals surface area (Å²) in [7, 11) is 0. The van der Waals surface area contributed by atoms with E-state index in [0.717, 1.165) is 0 Å². The molecule has 24 heavy (non-hydrogen) atoms. The number of alkyl halides is 3. The van der Waals surface area contributed by atoms with E-state index >= 15 is 0 Å². The largest absolute Gasteiger partial charge is 0.480 e. The molecule has 0 fully saturated rings. The normalized spacial score (nSPS) is 14.2. The fourth-order valence-electron chi connectivity index (χ4n) is 1.78. The van der Waals surface area contributed by atoms with Crippen LogP contribution in [0, 0.1) is 5.92 Å². The van der Waals surface area contributed by atoms with Crippen LogP contribution in [0.4, 0.5) is 13.2 Å². The second-order valence-corrected chi connectivity index (χ2v) is 5.96. The summed E-state index contributed by atoms with van der Waals surface area (Å²) >= 11 is 0. The molecule has 0 bridgehead atoms. The summed E-state index contributed by atoms with van der Waals surface area (Å²) in [4.78, 5) is 12.0. The number of benzene rings is 1. The molecule has 1 atom stereocenters. The first-order chi connectivity index (χ1) is 11.1. The first-order valence-electron chi connectivity index (χ1n) is 7.50. The molecule has 136 valence electrons. The SMILES string of the molecule is CC(C)C(C)(CN)NC(=O)COc1ccccc1OCC(F)(F)F. The minimum atomic E-state index is -4.45. The van der Waals surface area contributed by atoms with E-state index in [9.17, 15) is 18.0 Å². The van der Waals surface area contributed by atoms with E-state index in [2.05, 4.69) is 5.32 Å². The highest BCUT2D eigenvalue weighted by atomic mass is 19.4. The van der Waals surface area contributed by atoms with Gasteiger partial charge in [0.05, 0.1) is 5.54 Å². The van der Waals surface area contributed by atoms with Gasteiger partial charge < -0.3 is 20.5 Å². The summed E-state index contributed by atoms with van der Waals surface area (Å²) in [5.41, 5.74) is 5.10. The molecule has 1 amide bonds. The van der Waals surface area contributed by atoms with Gasteiger partial charge in [0.25, 0.3) is 5.91 Å². The van der Waals surface area contributed by atoms with E-state index in [1.165, 1.54) is 18.2 Å². The zero-order chi connectivity index (χ0) is 18.4. The quantitative estimate of drug-likeness (QED) is 0.757. The van der Waals surface area contributed by atoms with Gasteiger partial charge in [-0.25, -0.2) is 0 Å². The van der Waals surface area contributed by atoms with Gasteiger partial charge in [-0.2, -0.15) is 13.2 Å². The summed E-state index contributed by atoms with van der Waals surface area (Å²) < 4.78 is 46.7. The molecular formula is C16H23F3N2O3. The number of para-hydroxylation sites is 2. The average molecular weight is 348 g/mol. The lowest BCUT2D eigenvalue weighted by molar-refractivity contribution is -0.153. The maximum absolute atomic E-state index is 12.2. The molecule has 0 aliphatic carbocycles. The lowest BCUT2D eigenvalue weighted by Gasteiger charge is -2.33. The fraction of sp³-hybridized carbons (Fsp3) is 0.562. The van der Waals surface area contributed by atoms with Crippen molar-refractivity contribution in [2.75, 3.05) is 19.8 Å². The third-order valence-electron chi connectivity index (χ3n) is 3.72. The molecule has 0 spiro atoms. The Morgan fingerprint density at radius 2 is 1.75 bits per heavy atom. The van der Waals surface area contributed by atoms with Crippen LogP contribution in [0.15, 0.2) is 24.3 Å². The number of rotatable bonds is 8. The van der Waals surface area contributed by atoms with E-state index in [0.29, 0.717) is 0 Å². The van der Waals surface area contributed by atoms with Crippen molar-refractivity contribution in [3.63, 3.8) is 0 Å². The molecule has 5 nitrogen and oxygen atoms in total. The highest BCUT2D eigenvalue weighted by molar-refractivity contribution is 5.78. The Balaban J connectivity index is 2.66. The predicted molar refractivity (Wildman–Crippen MR) is 83.9 cm³/mol. The zero-order valence-corrected chi connectivity index (χ0v) is 13.9. The van der Waals surface area contributed by atoms with Crippen molar-refractivity contribution in [2.45, 2.75) is 32.5 Å². The van der Waals surface area contributed by atoms with Gasteiger partial charge in [0.2, 0.25) is 0 Å². The van der Waals surface area contributed by atoms with Crippen LogP contribution >= 0.6 is 0 Å². The van der Waals surface area contributed by atoms with Crippen molar-refractivity contribution >= 4 is 5.91 Å². The van der Waals surface area contributed by atoms with E-state index < -0.39 is 24.2 Å². The van der Waals surface area contributed by atoms with Crippen molar-refractivity contribution in [2.24, 2.45) is 11.7 Å². The molecule has 1 unspecified atom stereocenters. The zero-order valence-electron chi connectivity index (χ0n) is 13.9. The van der Waals surface area contributed by atoms with Gasteiger partial charge in [-0.3, -0.25) is 4.79 Å². The minimum absolute atomic E-state index is 0.0656. The van der Waals surface area contributed by atoms with Crippen molar-refractivity contribution < 1.29 is 27.4 Å². The van der Waals surface area contributed by atoms with Gasteiger partial charge in [0, 0.05) is 6.54 Å². The molecule has 0 saturated heterocycles. The highest BCUT2D eigenvalue weighted by Crippen LogP contribution is 2.28. The molecule has 0 aliphatic rings. The minimum Gasteiger partial charge on any atom is -0.480 e. The molecule has 1 aromatic carbocycles. The number of carbonyl (C=O) groups is 1. The first-order valence-corrected chi connectivity index (χ1v) is 7.50.